The number of fused-ring (bicyclic) bond motifs is 1. The summed E-state index contributed by atoms with van der Waals surface area (Å²) in [4.78, 5) is 8.94. The van der Waals surface area contributed by atoms with Crippen LogP contribution < -0.4 is 0 Å². The Morgan fingerprint density at radius 2 is 2.33 bits per heavy atom. The molecule has 0 aromatic carbocycles. The highest BCUT2D eigenvalue weighted by atomic mass is 32.2. The Balaban J connectivity index is 1.97. The largest absolute Gasteiger partial charge is 0.383 e. The smallest absolute Gasteiger partial charge is 0.160 e. The Labute approximate surface area is 124 Å². The quantitative estimate of drug-likeness (QED) is 0.829. The van der Waals surface area contributed by atoms with Gasteiger partial charge in [-0.25, -0.2) is 18.4 Å². The number of sulfone groups is 1. The third-order valence-corrected chi connectivity index (χ3v) is 6.25. The minimum atomic E-state index is -2.96. The van der Waals surface area contributed by atoms with Crippen molar-refractivity contribution in [3.05, 3.63) is 24.2 Å². The molecule has 0 aliphatic carbocycles. The van der Waals surface area contributed by atoms with Crippen molar-refractivity contribution in [1.29, 1.82) is 0 Å². The standard InChI is InChI=1S/C14H19N3O3S/c1-20-8-7-17-13(10-11-4-3-9-21(11,18)19)16-12-5-2-6-15-14(12)17/h2,5-6,11H,3-4,7-10H2,1H3. The van der Waals surface area contributed by atoms with Gasteiger partial charge in [-0.05, 0) is 25.0 Å². The fraction of sp³-hybridized carbons (Fsp3) is 0.571. The third-order valence-electron chi connectivity index (χ3n) is 3.97. The van der Waals surface area contributed by atoms with E-state index < -0.39 is 9.84 Å². The third kappa shape index (κ3) is 2.80. The molecular weight excluding hydrogens is 290 g/mol. The average Bonchev–Trinajstić information content (AvgIpc) is 2.97. The van der Waals surface area contributed by atoms with Gasteiger partial charge in [0.15, 0.2) is 15.5 Å². The van der Waals surface area contributed by atoms with E-state index in [1.807, 2.05) is 16.7 Å². The Hall–Kier alpha value is -1.47. The topological polar surface area (TPSA) is 74.1 Å². The predicted octanol–water partition coefficient (Wildman–Crippen LogP) is 1.20. The summed E-state index contributed by atoms with van der Waals surface area (Å²) in [5.74, 6) is 1.09. The lowest BCUT2D eigenvalue weighted by Gasteiger charge is -2.11. The van der Waals surface area contributed by atoms with Gasteiger partial charge in [-0.1, -0.05) is 0 Å². The second-order valence-electron chi connectivity index (χ2n) is 5.35. The predicted molar refractivity (Wildman–Crippen MR) is 79.9 cm³/mol. The Kier molecular flexibility index (Phi) is 3.95. The molecule has 3 rings (SSSR count). The summed E-state index contributed by atoms with van der Waals surface area (Å²) < 4.78 is 31.2. The van der Waals surface area contributed by atoms with Gasteiger partial charge < -0.3 is 9.30 Å². The van der Waals surface area contributed by atoms with Crippen LogP contribution in [0.25, 0.3) is 11.2 Å². The second-order valence-corrected chi connectivity index (χ2v) is 7.75. The van der Waals surface area contributed by atoms with Gasteiger partial charge in [0.25, 0.3) is 0 Å². The molecule has 2 aromatic rings. The highest BCUT2D eigenvalue weighted by Crippen LogP contribution is 2.24. The van der Waals surface area contributed by atoms with Crippen LogP contribution in [0.4, 0.5) is 0 Å². The van der Waals surface area contributed by atoms with E-state index in [-0.39, 0.29) is 5.25 Å². The first kappa shape index (κ1) is 14.5. The molecule has 114 valence electrons. The first-order valence-corrected chi connectivity index (χ1v) is 8.84. The van der Waals surface area contributed by atoms with Crippen molar-refractivity contribution in [3.63, 3.8) is 0 Å². The van der Waals surface area contributed by atoms with Crippen LogP contribution >= 0.6 is 0 Å². The van der Waals surface area contributed by atoms with Crippen LogP contribution in [0.15, 0.2) is 18.3 Å². The van der Waals surface area contributed by atoms with Crippen molar-refractivity contribution in [2.45, 2.75) is 31.1 Å². The number of methoxy groups -OCH3 is 1. The second kappa shape index (κ2) is 5.73. The van der Waals surface area contributed by atoms with Gasteiger partial charge >= 0.3 is 0 Å². The maximum Gasteiger partial charge on any atom is 0.160 e. The van der Waals surface area contributed by atoms with Gasteiger partial charge in [0, 0.05) is 26.3 Å². The van der Waals surface area contributed by atoms with Crippen molar-refractivity contribution < 1.29 is 13.2 Å². The molecule has 3 heterocycles. The molecular formula is C14H19N3O3S. The van der Waals surface area contributed by atoms with Crippen LogP contribution in [-0.4, -0.2) is 47.7 Å². The lowest BCUT2D eigenvalue weighted by atomic mass is 10.2. The van der Waals surface area contributed by atoms with E-state index >= 15 is 0 Å². The molecule has 0 amide bonds. The van der Waals surface area contributed by atoms with Crippen LogP contribution in [0.3, 0.4) is 0 Å². The Morgan fingerprint density at radius 1 is 1.48 bits per heavy atom. The van der Waals surface area contributed by atoms with E-state index in [9.17, 15) is 8.42 Å². The van der Waals surface area contributed by atoms with E-state index in [1.165, 1.54) is 0 Å². The Morgan fingerprint density at radius 3 is 3.05 bits per heavy atom. The maximum atomic E-state index is 12.0. The normalized spacial score (nSPS) is 21.1. The molecule has 6 nitrogen and oxygen atoms in total. The highest BCUT2D eigenvalue weighted by molar-refractivity contribution is 7.92. The van der Waals surface area contributed by atoms with E-state index in [0.29, 0.717) is 25.3 Å². The number of pyridine rings is 1. The van der Waals surface area contributed by atoms with Crippen LogP contribution in [0.5, 0.6) is 0 Å². The van der Waals surface area contributed by atoms with E-state index in [4.69, 9.17) is 4.74 Å². The van der Waals surface area contributed by atoms with Gasteiger partial charge in [0.05, 0.1) is 17.6 Å². The van der Waals surface area contributed by atoms with Crippen molar-refractivity contribution in [1.82, 2.24) is 14.5 Å². The minimum Gasteiger partial charge on any atom is -0.383 e. The molecule has 1 unspecified atom stereocenters. The summed E-state index contributed by atoms with van der Waals surface area (Å²) in [6, 6.07) is 3.74. The lowest BCUT2D eigenvalue weighted by molar-refractivity contribution is 0.187. The number of aromatic nitrogens is 3. The van der Waals surface area contributed by atoms with E-state index in [2.05, 4.69) is 9.97 Å². The zero-order valence-electron chi connectivity index (χ0n) is 12.0. The summed E-state index contributed by atoms with van der Waals surface area (Å²) in [6.45, 7) is 1.18. The van der Waals surface area contributed by atoms with Gasteiger partial charge in [-0.3, -0.25) is 0 Å². The fourth-order valence-corrected chi connectivity index (χ4v) is 4.70. The summed E-state index contributed by atoms with van der Waals surface area (Å²) >= 11 is 0. The van der Waals surface area contributed by atoms with Crippen LogP contribution in [0.1, 0.15) is 18.7 Å². The average molecular weight is 309 g/mol. The van der Waals surface area contributed by atoms with Crippen molar-refractivity contribution >= 4 is 21.0 Å². The Bertz CT molecular complexity index is 739. The SMILES string of the molecule is COCCn1c(CC2CCCS2(=O)=O)nc2cccnc21. The summed E-state index contributed by atoms with van der Waals surface area (Å²) in [5, 5.41) is -0.310. The molecule has 2 aromatic heterocycles. The van der Waals surface area contributed by atoms with Crippen LogP contribution in [0.2, 0.25) is 0 Å². The molecule has 0 N–H and O–H groups in total. The number of hydrogen-bond donors (Lipinski definition) is 0. The number of hydrogen-bond acceptors (Lipinski definition) is 5. The van der Waals surface area contributed by atoms with Crippen molar-refractivity contribution in [3.8, 4) is 0 Å². The first-order chi connectivity index (χ1) is 10.1. The maximum absolute atomic E-state index is 12.0. The van der Waals surface area contributed by atoms with Gasteiger partial charge in [0.1, 0.15) is 11.3 Å². The molecule has 0 spiro atoms. The number of imidazole rings is 1. The zero-order valence-corrected chi connectivity index (χ0v) is 12.8. The number of ether oxygens (including phenoxy) is 1. The molecule has 21 heavy (non-hydrogen) atoms. The van der Waals surface area contributed by atoms with Gasteiger partial charge in [-0.2, -0.15) is 0 Å². The van der Waals surface area contributed by atoms with Crippen LogP contribution in [-0.2, 0) is 27.5 Å². The molecule has 1 saturated heterocycles. The van der Waals surface area contributed by atoms with Gasteiger partial charge in [-0.15, -0.1) is 0 Å². The van der Waals surface area contributed by atoms with E-state index in [0.717, 1.165) is 29.8 Å². The summed E-state index contributed by atoms with van der Waals surface area (Å²) in [6.07, 6.45) is 3.67. The van der Waals surface area contributed by atoms with Crippen LogP contribution in [0, 0.1) is 0 Å². The van der Waals surface area contributed by atoms with E-state index in [1.54, 1.807) is 13.3 Å². The summed E-state index contributed by atoms with van der Waals surface area (Å²) in [5.41, 5.74) is 1.60. The monoisotopic (exact) mass is 309 g/mol. The summed E-state index contributed by atoms with van der Waals surface area (Å²) in [7, 11) is -1.32. The molecule has 0 saturated carbocycles. The molecule has 1 aliphatic rings. The molecule has 0 radical (unpaired) electrons. The highest BCUT2D eigenvalue weighted by Gasteiger charge is 2.32. The number of rotatable bonds is 5. The van der Waals surface area contributed by atoms with Crippen molar-refractivity contribution in [2.75, 3.05) is 19.5 Å². The molecule has 7 heteroatoms. The van der Waals surface area contributed by atoms with Crippen molar-refractivity contribution in [2.24, 2.45) is 0 Å². The first-order valence-electron chi connectivity index (χ1n) is 7.12. The molecule has 0 bridgehead atoms. The molecule has 1 atom stereocenters. The number of nitrogens with zero attached hydrogens (tertiary/aromatic N) is 3. The fourth-order valence-electron chi connectivity index (χ4n) is 2.87. The molecule has 1 aliphatic heterocycles. The van der Waals surface area contributed by atoms with Gasteiger partial charge in [0.2, 0.25) is 0 Å². The lowest BCUT2D eigenvalue weighted by Crippen LogP contribution is -2.21. The minimum absolute atomic E-state index is 0.300. The molecule has 1 fully saturated rings. The zero-order chi connectivity index (χ0) is 14.9.